The highest BCUT2D eigenvalue weighted by Crippen LogP contribution is 2.18. The molecular formula is C12H12IN5O3. The SMILES string of the molecule is O=C(NCCc1ncn[nH]1)Nc1ccc(I)cc1C(=O)O. The molecule has 0 fully saturated rings. The number of hydrogen-bond donors (Lipinski definition) is 4. The van der Waals surface area contributed by atoms with E-state index in [4.69, 9.17) is 5.11 Å². The zero-order chi connectivity index (χ0) is 15.2. The number of halogens is 1. The maximum atomic E-state index is 11.7. The molecule has 2 aromatic rings. The van der Waals surface area contributed by atoms with E-state index in [9.17, 15) is 9.59 Å². The number of carbonyl (C=O) groups excluding carboxylic acids is 1. The Labute approximate surface area is 133 Å². The van der Waals surface area contributed by atoms with Gasteiger partial charge in [-0.05, 0) is 40.8 Å². The lowest BCUT2D eigenvalue weighted by molar-refractivity contribution is 0.0698. The second-order valence-corrected chi connectivity index (χ2v) is 5.30. The number of nitrogens with zero attached hydrogens (tertiary/aromatic N) is 2. The first-order valence-electron chi connectivity index (χ1n) is 5.98. The van der Waals surface area contributed by atoms with Crippen LogP contribution in [-0.4, -0.2) is 38.8 Å². The van der Waals surface area contributed by atoms with E-state index in [2.05, 4.69) is 25.8 Å². The maximum Gasteiger partial charge on any atom is 0.337 e. The molecule has 1 aromatic carbocycles. The fourth-order valence-corrected chi connectivity index (χ4v) is 2.11. The van der Waals surface area contributed by atoms with E-state index in [0.29, 0.717) is 18.8 Å². The molecule has 0 aliphatic carbocycles. The molecule has 0 saturated heterocycles. The van der Waals surface area contributed by atoms with Gasteiger partial charge in [-0.2, -0.15) is 5.10 Å². The molecule has 0 atom stereocenters. The molecule has 0 bridgehead atoms. The number of hydrogen-bond acceptors (Lipinski definition) is 4. The van der Waals surface area contributed by atoms with Crippen LogP contribution in [0, 0.1) is 3.57 Å². The van der Waals surface area contributed by atoms with Crippen LogP contribution in [0.2, 0.25) is 0 Å². The minimum absolute atomic E-state index is 0.0484. The largest absolute Gasteiger partial charge is 0.478 e. The summed E-state index contributed by atoms with van der Waals surface area (Å²) >= 11 is 2.01. The molecule has 2 amide bonds. The number of carbonyl (C=O) groups is 2. The van der Waals surface area contributed by atoms with Crippen molar-refractivity contribution in [1.82, 2.24) is 20.5 Å². The molecule has 1 aromatic heterocycles. The molecule has 4 N–H and O–H groups in total. The molecule has 8 nitrogen and oxygen atoms in total. The van der Waals surface area contributed by atoms with Crippen LogP contribution in [0.25, 0.3) is 0 Å². The first-order chi connectivity index (χ1) is 10.1. The number of aromatic nitrogens is 3. The van der Waals surface area contributed by atoms with E-state index in [0.717, 1.165) is 3.57 Å². The van der Waals surface area contributed by atoms with Gasteiger partial charge in [0.15, 0.2) is 0 Å². The lowest BCUT2D eigenvalue weighted by Crippen LogP contribution is -2.31. The fourth-order valence-electron chi connectivity index (χ4n) is 1.61. The third-order valence-corrected chi connectivity index (χ3v) is 3.24. The summed E-state index contributed by atoms with van der Waals surface area (Å²) in [6.45, 7) is 0.355. The van der Waals surface area contributed by atoms with Crippen molar-refractivity contribution in [3.05, 3.63) is 39.5 Å². The number of urea groups is 1. The van der Waals surface area contributed by atoms with Gasteiger partial charge < -0.3 is 15.7 Å². The Hall–Kier alpha value is -2.17. The molecule has 0 aliphatic rings. The van der Waals surface area contributed by atoms with Crippen molar-refractivity contribution in [2.45, 2.75) is 6.42 Å². The predicted molar refractivity (Wildman–Crippen MR) is 83.2 cm³/mol. The summed E-state index contributed by atoms with van der Waals surface area (Å²) in [5, 5.41) is 20.6. The number of amides is 2. The molecule has 2 rings (SSSR count). The monoisotopic (exact) mass is 401 g/mol. The van der Waals surface area contributed by atoms with Crippen LogP contribution >= 0.6 is 22.6 Å². The molecule has 0 spiro atoms. The molecule has 0 saturated carbocycles. The minimum atomic E-state index is -1.09. The Balaban J connectivity index is 1.92. The van der Waals surface area contributed by atoms with Gasteiger partial charge in [0.05, 0.1) is 11.3 Å². The molecule has 0 radical (unpaired) electrons. The molecule has 9 heteroatoms. The van der Waals surface area contributed by atoms with Gasteiger partial charge >= 0.3 is 12.0 Å². The lowest BCUT2D eigenvalue weighted by Gasteiger charge is -2.09. The Morgan fingerprint density at radius 2 is 2.19 bits per heavy atom. The van der Waals surface area contributed by atoms with Crippen molar-refractivity contribution in [2.75, 3.05) is 11.9 Å². The summed E-state index contributed by atoms with van der Waals surface area (Å²) in [7, 11) is 0. The van der Waals surface area contributed by atoms with E-state index in [1.165, 1.54) is 12.4 Å². The molecule has 0 aliphatic heterocycles. The second-order valence-electron chi connectivity index (χ2n) is 4.06. The number of H-pyrrole nitrogens is 1. The quantitative estimate of drug-likeness (QED) is 0.566. The highest BCUT2D eigenvalue weighted by atomic mass is 127. The minimum Gasteiger partial charge on any atom is -0.478 e. The first-order valence-corrected chi connectivity index (χ1v) is 7.06. The van der Waals surface area contributed by atoms with Crippen LogP contribution in [0.4, 0.5) is 10.5 Å². The number of carboxylic acid groups (broad SMARTS) is 1. The van der Waals surface area contributed by atoms with Crippen LogP contribution in [0.5, 0.6) is 0 Å². The average Bonchev–Trinajstić information content (AvgIpc) is 2.94. The van der Waals surface area contributed by atoms with Crippen LogP contribution in [0.3, 0.4) is 0 Å². The number of aromatic carboxylic acids is 1. The summed E-state index contributed by atoms with van der Waals surface area (Å²) < 4.78 is 0.779. The number of rotatable bonds is 5. The third kappa shape index (κ3) is 4.41. The van der Waals surface area contributed by atoms with Crippen molar-refractivity contribution < 1.29 is 14.7 Å². The van der Waals surface area contributed by atoms with Gasteiger partial charge in [0.1, 0.15) is 12.2 Å². The van der Waals surface area contributed by atoms with E-state index < -0.39 is 12.0 Å². The Kier molecular flexibility index (Phi) is 5.09. The van der Waals surface area contributed by atoms with Gasteiger partial charge in [0.2, 0.25) is 0 Å². The summed E-state index contributed by atoms with van der Waals surface area (Å²) in [6, 6.07) is 4.30. The van der Waals surface area contributed by atoms with Gasteiger partial charge in [0.25, 0.3) is 0 Å². The molecule has 1 heterocycles. The fraction of sp³-hybridized carbons (Fsp3) is 0.167. The molecule has 110 valence electrons. The van der Waals surface area contributed by atoms with Gasteiger partial charge in [-0.3, -0.25) is 5.10 Å². The van der Waals surface area contributed by atoms with E-state index in [1.807, 2.05) is 22.6 Å². The van der Waals surface area contributed by atoms with Crippen LogP contribution in [-0.2, 0) is 6.42 Å². The second kappa shape index (κ2) is 7.02. The number of anilines is 1. The highest BCUT2D eigenvalue weighted by Gasteiger charge is 2.12. The van der Waals surface area contributed by atoms with Gasteiger partial charge in [-0.15, -0.1) is 0 Å². The lowest BCUT2D eigenvalue weighted by atomic mass is 10.2. The first kappa shape index (κ1) is 15.2. The van der Waals surface area contributed by atoms with Gasteiger partial charge in [-0.1, -0.05) is 0 Å². The van der Waals surface area contributed by atoms with Crippen molar-refractivity contribution >= 4 is 40.3 Å². The maximum absolute atomic E-state index is 11.7. The van der Waals surface area contributed by atoms with Crippen molar-refractivity contribution in [1.29, 1.82) is 0 Å². The van der Waals surface area contributed by atoms with E-state index in [1.54, 1.807) is 12.1 Å². The van der Waals surface area contributed by atoms with Gasteiger partial charge in [0, 0.05) is 16.5 Å². The predicted octanol–water partition coefficient (Wildman–Crippen LogP) is 1.47. The smallest absolute Gasteiger partial charge is 0.337 e. The molecular weight excluding hydrogens is 389 g/mol. The normalized spacial score (nSPS) is 10.1. The Morgan fingerprint density at radius 1 is 1.38 bits per heavy atom. The van der Waals surface area contributed by atoms with Crippen molar-refractivity contribution in [3.8, 4) is 0 Å². The summed E-state index contributed by atoms with van der Waals surface area (Å²) in [4.78, 5) is 26.8. The number of aromatic amines is 1. The van der Waals surface area contributed by atoms with Crippen molar-refractivity contribution in [3.63, 3.8) is 0 Å². The third-order valence-electron chi connectivity index (χ3n) is 2.57. The van der Waals surface area contributed by atoms with Crippen LogP contribution in [0.1, 0.15) is 16.2 Å². The molecule has 21 heavy (non-hydrogen) atoms. The van der Waals surface area contributed by atoms with Crippen LogP contribution < -0.4 is 10.6 Å². The number of nitrogens with one attached hydrogen (secondary N) is 3. The number of carboxylic acids is 1. The summed E-state index contributed by atoms with van der Waals surface area (Å²) in [6.07, 6.45) is 1.89. The van der Waals surface area contributed by atoms with Crippen molar-refractivity contribution in [2.24, 2.45) is 0 Å². The number of benzene rings is 1. The standard InChI is InChI=1S/C12H12IN5O3/c13-7-1-2-9(8(5-7)11(19)20)17-12(21)14-4-3-10-15-6-16-18-10/h1-2,5-6H,3-4H2,(H,19,20)(H2,14,17,21)(H,15,16,18). The summed E-state index contributed by atoms with van der Waals surface area (Å²) in [5.41, 5.74) is 0.298. The van der Waals surface area contributed by atoms with Gasteiger partial charge in [-0.25, -0.2) is 14.6 Å². The zero-order valence-electron chi connectivity index (χ0n) is 10.8. The topological polar surface area (TPSA) is 120 Å². The zero-order valence-corrected chi connectivity index (χ0v) is 12.9. The van der Waals surface area contributed by atoms with Crippen LogP contribution in [0.15, 0.2) is 24.5 Å². The average molecular weight is 401 g/mol. The van der Waals surface area contributed by atoms with E-state index >= 15 is 0 Å². The Morgan fingerprint density at radius 3 is 2.86 bits per heavy atom. The van der Waals surface area contributed by atoms with E-state index in [-0.39, 0.29) is 11.3 Å². The Bertz CT molecular complexity index is 644. The summed E-state index contributed by atoms with van der Waals surface area (Å²) in [5.74, 6) is -0.429. The molecule has 0 unspecified atom stereocenters. The highest BCUT2D eigenvalue weighted by molar-refractivity contribution is 14.1.